The average Bonchev–Trinajstić information content (AvgIpc) is 2.32. The number of nitrogens with two attached hydrogens (primary N) is 1. The van der Waals surface area contributed by atoms with Crippen LogP contribution in [0.2, 0.25) is 0 Å². The smallest absolute Gasteiger partial charge is 0.168 e. The summed E-state index contributed by atoms with van der Waals surface area (Å²) in [5.74, 6) is -1.24. The van der Waals surface area contributed by atoms with E-state index in [1.807, 2.05) is 12.1 Å². The number of halogens is 2. The Bertz CT molecular complexity index is 540. The number of benzene rings is 1. The van der Waals surface area contributed by atoms with Crippen LogP contribution in [-0.4, -0.2) is 12.0 Å². The molecule has 5 heteroatoms. The highest BCUT2D eigenvalue weighted by Crippen LogP contribution is 2.18. The van der Waals surface area contributed by atoms with Gasteiger partial charge in [-0.15, -0.1) is 0 Å². The van der Waals surface area contributed by atoms with E-state index in [1.54, 1.807) is 24.1 Å². The third-order valence-corrected chi connectivity index (χ3v) is 2.55. The zero-order valence-corrected chi connectivity index (χ0v) is 9.90. The van der Waals surface area contributed by atoms with Gasteiger partial charge in [-0.2, -0.15) is 0 Å². The molecule has 0 aliphatic carbocycles. The number of rotatable bonds is 3. The van der Waals surface area contributed by atoms with Crippen molar-refractivity contribution in [3.63, 3.8) is 0 Å². The predicted octanol–water partition coefficient (Wildman–Crippen LogP) is 2.58. The van der Waals surface area contributed by atoms with Crippen LogP contribution in [0.3, 0.4) is 0 Å². The summed E-state index contributed by atoms with van der Waals surface area (Å²) in [5.41, 5.74) is 7.22. The molecule has 0 unspecified atom stereocenters. The normalized spacial score (nSPS) is 10.4. The van der Waals surface area contributed by atoms with Crippen LogP contribution in [0, 0.1) is 11.6 Å². The second-order valence-corrected chi connectivity index (χ2v) is 4.06. The van der Waals surface area contributed by atoms with Crippen LogP contribution in [0.4, 0.5) is 20.3 Å². The van der Waals surface area contributed by atoms with E-state index >= 15 is 0 Å². The van der Waals surface area contributed by atoms with Crippen LogP contribution in [-0.2, 0) is 6.54 Å². The van der Waals surface area contributed by atoms with Crippen molar-refractivity contribution in [2.24, 2.45) is 0 Å². The third-order valence-electron chi connectivity index (χ3n) is 2.55. The van der Waals surface area contributed by atoms with E-state index in [9.17, 15) is 8.78 Å². The van der Waals surface area contributed by atoms with Crippen molar-refractivity contribution >= 4 is 11.5 Å². The molecule has 3 nitrogen and oxygen atoms in total. The molecule has 94 valence electrons. The molecule has 0 spiro atoms. The maximum atomic E-state index is 13.5. The number of hydrogen-bond acceptors (Lipinski definition) is 3. The van der Waals surface area contributed by atoms with Gasteiger partial charge in [0.15, 0.2) is 11.6 Å². The molecule has 0 fully saturated rings. The van der Waals surface area contributed by atoms with Gasteiger partial charge in [-0.1, -0.05) is 12.1 Å². The Balaban J connectivity index is 2.16. The molecular weight excluding hydrogens is 236 g/mol. The molecule has 0 aliphatic rings. The number of aromatic nitrogens is 1. The largest absolute Gasteiger partial charge is 0.399 e. The van der Waals surface area contributed by atoms with Gasteiger partial charge in [0, 0.05) is 25.3 Å². The molecule has 0 bridgehead atoms. The van der Waals surface area contributed by atoms with Gasteiger partial charge in [0.25, 0.3) is 0 Å². The third kappa shape index (κ3) is 2.74. The first kappa shape index (κ1) is 12.3. The SMILES string of the molecule is CN(Cc1ccc(N)cc1)c1ncc(F)cc1F. The summed E-state index contributed by atoms with van der Waals surface area (Å²) in [4.78, 5) is 5.35. The molecule has 0 amide bonds. The highest BCUT2D eigenvalue weighted by atomic mass is 19.1. The first-order valence-corrected chi connectivity index (χ1v) is 5.43. The fourth-order valence-corrected chi connectivity index (χ4v) is 1.66. The van der Waals surface area contributed by atoms with Crippen LogP contribution in [0.25, 0.3) is 0 Å². The van der Waals surface area contributed by atoms with E-state index in [4.69, 9.17) is 5.73 Å². The minimum absolute atomic E-state index is 0.119. The lowest BCUT2D eigenvalue weighted by atomic mass is 10.2. The first-order valence-electron chi connectivity index (χ1n) is 5.43. The number of hydrogen-bond donors (Lipinski definition) is 1. The Kier molecular flexibility index (Phi) is 3.41. The zero-order valence-electron chi connectivity index (χ0n) is 9.90. The van der Waals surface area contributed by atoms with Crippen LogP contribution in [0.1, 0.15) is 5.56 Å². The Labute approximate surface area is 104 Å². The van der Waals surface area contributed by atoms with E-state index in [0.717, 1.165) is 17.8 Å². The van der Waals surface area contributed by atoms with Gasteiger partial charge in [-0.3, -0.25) is 0 Å². The monoisotopic (exact) mass is 249 g/mol. The molecule has 0 saturated carbocycles. The zero-order chi connectivity index (χ0) is 13.1. The van der Waals surface area contributed by atoms with Gasteiger partial charge in [0.05, 0.1) is 6.20 Å². The molecule has 0 radical (unpaired) electrons. The van der Waals surface area contributed by atoms with Crippen LogP contribution in [0.15, 0.2) is 36.5 Å². The maximum absolute atomic E-state index is 13.5. The summed E-state index contributed by atoms with van der Waals surface area (Å²) in [7, 11) is 1.69. The van der Waals surface area contributed by atoms with Gasteiger partial charge in [0.2, 0.25) is 0 Å². The number of nitrogen functional groups attached to an aromatic ring is 1. The Morgan fingerprint density at radius 1 is 1.22 bits per heavy atom. The number of nitrogens with zero attached hydrogens (tertiary/aromatic N) is 2. The van der Waals surface area contributed by atoms with Crippen LogP contribution < -0.4 is 10.6 Å². The maximum Gasteiger partial charge on any atom is 0.168 e. The predicted molar refractivity (Wildman–Crippen MR) is 67.1 cm³/mol. The van der Waals surface area contributed by atoms with Gasteiger partial charge in [-0.25, -0.2) is 13.8 Å². The molecule has 2 rings (SSSR count). The molecule has 18 heavy (non-hydrogen) atoms. The summed E-state index contributed by atoms with van der Waals surface area (Å²) < 4.78 is 26.3. The lowest BCUT2D eigenvalue weighted by Crippen LogP contribution is -2.19. The van der Waals surface area contributed by atoms with Crippen molar-refractivity contribution in [3.8, 4) is 0 Å². The van der Waals surface area contributed by atoms with Crippen molar-refractivity contribution in [1.29, 1.82) is 0 Å². The lowest BCUT2D eigenvalue weighted by Gasteiger charge is -2.18. The summed E-state index contributed by atoms with van der Waals surface area (Å²) >= 11 is 0. The summed E-state index contributed by atoms with van der Waals surface area (Å²) in [5, 5.41) is 0. The number of pyridine rings is 1. The van der Waals surface area contributed by atoms with E-state index in [0.29, 0.717) is 12.2 Å². The Hall–Kier alpha value is -2.17. The molecule has 0 aliphatic heterocycles. The van der Waals surface area contributed by atoms with E-state index in [1.165, 1.54) is 0 Å². The molecular formula is C13H13F2N3. The van der Waals surface area contributed by atoms with Crippen molar-refractivity contribution in [3.05, 3.63) is 53.7 Å². The minimum Gasteiger partial charge on any atom is -0.399 e. The van der Waals surface area contributed by atoms with Gasteiger partial charge in [0.1, 0.15) is 5.82 Å². The van der Waals surface area contributed by atoms with Crippen LogP contribution in [0.5, 0.6) is 0 Å². The lowest BCUT2D eigenvalue weighted by molar-refractivity contribution is 0.570. The van der Waals surface area contributed by atoms with Crippen molar-refractivity contribution in [2.75, 3.05) is 17.7 Å². The van der Waals surface area contributed by atoms with E-state index < -0.39 is 11.6 Å². The molecule has 1 aromatic carbocycles. The fourth-order valence-electron chi connectivity index (χ4n) is 1.66. The van der Waals surface area contributed by atoms with Gasteiger partial charge < -0.3 is 10.6 Å². The van der Waals surface area contributed by atoms with Gasteiger partial charge in [-0.05, 0) is 17.7 Å². The topological polar surface area (TPSA) is 42.1 Å². The summed E-state index contributed by atoms with van der Waals surface area (Å²) in [6.45, 7) is 0.468. The van der Waals surface area contributed by atoms with Crippen LogP contribution >= 0.6 is 0 Å². The Morgan fingerprint density at radius 2 is 1.89 bits per heavy atom. The highest BCUT2D eigenvalue weighted by molar-refractivity contribution is 5.43. The van der Waals surface area contributed by atoms with Crippen molar-refractivity contribution in [1.82, 2.24) is 4.98 Å². The Morgan fingerprint density at radius 3 is 2.50 bits per heavy atom. The fraction of sp³-hybridized carbons (Fsp3) is 0.154. The average molecular weight is 249 g/mol. The minimum atomic E-state index is -0.683. The molecule has 1 aromatic heterocycles. The van der Waals surface area contributed by atoms with E-state index in [2.05, 4.69) is 4.98 Å². The molecule has 0 atom stereocenters. The molecule has 2 aromatic rings. The molecule has 1 heterocycles. The van der Waals surface area contributed by atoms with Crippen molar-refractivity contribution < 1.29 is 8.78 Å². The quantitative estimate of drug-likeness (QED) is 0.850. The standard InChI is InChI=1S/C13H13F2N3/c1-18(8-9-2-4-11(16)5-3-9)13-12(15)6-10(14)7-17-13/h2-7H,8,16H2,1H3. The second-order valence-electron chi connectivity index (χ2n) is 4.06. The van der Waals surface area contributed by atoms with Gasteiger partial charge >= 0.3 is 0 Å². The number of anilines is 2. The highest BCUT2D eigenvalue weighted by Gasteiger charge is 2.10. The summed E-state index contributed by atoms with van der Waals surface area (Å²) in [6, 6.07) is 8.08. The summed E-state index contributed by atoms with van der Waals surface area (Å²) in [6.07, 6.45) is 0.998. The molecule has 2 N–H and O–H groups in total. The first-order chi connectivity index (χ1) is 8.56. The second kappa shape index (κ2) is 5.00. The molecule has 0 saturated heterocycles. The van der Waals surface area contributed by atoms with Crippen molar-refractivity contribution in [2.45, 2.75) is 6.54 Å². The van der Waals surface area contributed by atoms with E-state index in [-0.39, 0.29) is 5.82 Å².